The fourth-order valence-electron chi connectivity index (χ4n) is 4.47. The molecule has 0 bridgehead atoms. The Labute approximate surface area is 156 Å². The molecule has 3 rings (SSSR count). The van der Waals surface area contributed by atoms with Crippen LogP contribution in [0.2, 0.25) is 0 Å². The number of fused-ring (bicyclic) bond motifs is 1. The first-order valence-electron chi connectivity index (χ1n) is 10.1. The summed E-state index contributed by atoms with van der Waals surface area (Å²) in [6, 6.07) is 6.55. The van der Waals surface area contributed by atoms with Gasteiger partial charge in [-0.25, -0.2) is 0 Å². The number of benzene rings is 1. The van der Waals surface area contributed by atoms with Crippen LogP contribution in [0, 0.1) is 5.92 Å². The normalized spacial score (nSPS) is 16.7. The summed E-state index contributed by atoms with van der Waals surface area (Å²) in [6.07, 6.45) is 10.1. The molecule has 1 aliphatic rings. The molecule has 0 radical (unpaired) electrons. The molecule has 1 heterocycles. The number of aromatic amines is 1. The molecule has 1 saturated carbocycles. The number of aromatic nitrogens is 1. The smallest absolute Gasteiger partial charge is 0.220 e. The van der Waals surface area contributed by atoms with Crippen LogP contribution in [0.3, 0.4) is 0 Å². The second-order valence-corrected chi connectivity index (χ2v) is 7.49. The minimum atomic E-state index is 0.138. The number of ether oxygens (including phenoxy) is 1. The SMILES string of the molecule is CCc1cccc2c([C@@H](CC(=O)NCCOC)C3CCCCC3)c[nH]c12. The van der Waals surface area contributed by atoms with Crippen molar-refractivity contribution in [3.63, 3.8) is 0 Å². The molecule has 1 atom stereocenters. The number of hydrogen-bond acceptors (Lipinski definition) is 2. The molecule has 4 heteroatoms. The molecule has 1 aromatic heterocycles. The molecule has 1 aromatic carbocycles. The van der Waals surface area contributed by atoms with Gasteiger partial charge >= 0.3 is 0 Å². The van der Waals surface area contributed by atoms with Crippen LogP contribution in [0.4, 0.5) is 0 Å². The van der Waals surface area contributed by atoms with Crippen LogP contribution < -0.4 is 5.32 Å². The van der Waals surface area contributed by atoms with Crippen molar-refractivity contribution in [2.75, 3.05) is 20.3 Å². The quantitative estimate of drug-likeness (QED) is 0.682. The van der Waals surface area contributed by atoms with E-state index in [1.165, 1.54) is 54.1 Å². The van der Waals surface area contributed by atoms with Crippen molar-refractivity contribution in [2.45, 2.75) is 57.8 Å². The number of aryl methyl sites for hydroxylation is 1. The van der Waals surface area contributed by atoms with Gasteiger partial charge in [-0.1, -0.05) is 44.4 Å². The van der Waals surface area contributed by atoms with Gasteiger partial charge in [0, 0.05) is 37.2 Å². The lowest BCUT2D eigenvalue weighted by Gasteiger charge is -2.30. The average molecular weight is 357 g/mol. The average Bonchev–Trinajstić information content (AvgIpc) is 3.11. The Bertz CT molecular complexity index is 716. The van der Waals surface area contributed by atoms with Gasteiger partial charge < -0.3 is 15.0 Å². The highest BCUT2D eigenvalue weighted by atomic mass is 16.5. The number of methoxy groups -OCH3 is 1. The molecule has 2 N–H and O–H groups in total. The third-order valence-corrected chi connectivity index (χ3v) is 5.87. The van der Waals surface area contributed by atoms with E-state index in [0.29, 0.717) is 31.4 Å². The first kappa shape index (κ1) is 19.0. The van der Waals surface area contributed by atoms with Crippen LogP contribution in [-0.4, -0.2) is 31.2 Å². The maximum atomic E-state index is 12.5. The van der Waals surface area contributed by atoms with Crippen LogP contribution in [0.1, 0.15) is 62.5 Å². The van der Waals surface area contributed by atoms with E-state index in [0.717, 1.165) is 6.42 Å². The number of carbonyl (C=O) groups excluding carboxylic acids is 1. The minimum absolute atomic E-state index is 0.138. The molecule has 1 aliphatic carbocycles. The predicted octanol–water partition coefficient (Wildman–Crippen LogP) is 4.55. The van der Waals surface area contributed by atoms with E-state index in [9.17, 15) is 4.79 Å². The maximum absolute atomic E-state index is 12.5. The van der Waals surface area contributed by atoms with Gasteiger partial charge in [0.2, 0.25) is 5.91 Å². The van der Waals surface area contributed by atoms with Gasteiger partial charge in [0.25, 0.3) is 0 Å². The Morgan fingerprint density at radius 1 is 1.31 bits per heavy atom. The Balaban J connectivity index is 1.86. The number of amides is 1. The Hall–Kier alpha value is -1.81. The summed E-state index contributed by atoms with van der Waals surface area (Å²) >= 11 is 0. The van der Waals surface area contributed by atoms with Gasteiger partial charge in [-0.3, -0.25) is 4.79 Å². The van der Waals surface area contributed by atoms with E-state index in [1.54, 1.807) is 7.11 Å². The van der Waals surface area contributed by atoms with Gasteiger partial charge in [0.1, 0.15) is 0 Å². The summed E-state index contributed by atoms with van der Waals surface area (Å²) in [7, 11) is 1.66. The molecule has 1 amide bonds. The summed E-state index contributed by atoms with van der Waals surface area (Å²) in [5.41, 5.74) is 3.91. The molecule has 0 saturated heterocycles. The lowest BCUT2D eigenvalue weighted by Crippen LogP contribution is -2.30. The minimum Gasteiger partial charge on any atom is -0.383 e. The van der Waals surface area contributed by atoms with Crippen molar-refractivity contribution >= 4 is 16.8 Å². The van der Waals surface area contributed by atoms with Crippen molar-refractivity contribution in [3.8, 4) is 0 Å². The topological polar surface area (TPSA) is 54.1 Å². The monoisotopic (exact) mass is 356 g/mol. The fraction of sp³-hybridized carbons (Fsp3) is 0.591. The third kappa shape index (κ3) is 4.29. The van der Waals surface area contributed by atoms with Gasteiger partial charge in [-0.15, -0.1) is 0 Å². The van der Waals surface area contributed by atoms with Crippen LogP contribution >= 0.6 is 0 Å². The van der Waals surface area contributed by atoms with Crippen LogP contribution in [0.25, 0.3) is 10.9 Å². The summed E-state index contributed by atoms with van der Waals surface area (Å²) < 4.78 is 5.05. The predicted molar refractivity (Wildman–Crippen MR) is 106 cm³/mol. The molecule has 1 fully saturated rings. The van der Waals surface area contributed by atoms with Crippen LogP contribution in [-0.2, 0) is 16.0 Å². The first-order valence-corrected chi connectivity index (χ1v) is 10.1. The Kier molecular flexibility index (Phi) is 6.73. The zero-order valence-electron chi connectivity index (χ0n) is 16.1. The van der Waals surface area contributed by atoms with E-state index in [-0.39, 0.29) is 5.91 Å². The van der Waals surface area contributed by atoms with Crippen LogP contribution in [0.15, 0.2) is 24.4 Å². The van der Waals surface area contributed by atoms with Crippen LogP contribution in [0.5, 0.6) is 0 Å². The second kappa shape index (κ2) is 9.22. The van der Waals surface area contributed by atoms with Crippen molar-refractivity contribution in [1.29, 1.82) is 0 Å². The number of H-pyrrole nitrogens is 1. The summed E-state index contributed by atoms with van der Waals surface area (Å²) in [6.45, 7) is 3.34. The summed E-state index contributed by atoms with van der Waals surface area (Å²) in [4.78, 5) is 16.0. The maximum Gasteiger partial charge on any atom is 0.220 e. The van der Waals surface area contributed by atoms with Gasteiger partial charge in [-0.2, -0.15) is 0 Å². The van der Waals surface area contributed by atoms with E-state index < -0.39 is 0 Å². The van der Waals surface area contributed by atoms with Crippen molar-refractivity contribution in [1.82, 2.24) is 10.3 Å². The molecular weight excluding hydrogens is 324 g/mol. The second-order valence-electron chi connectivity index (χ2n) is 7.49. The highest BCUT2D eigenvalue weighted by Crippen LogP contribution is 2.41. The van der Waals surface area contributed by atoms with Gasteiger partial charge in [-0.05, 0) is 42.2 Å². The lowest BCUT2D eigenvalue weighted by atomic mass is 9.75. The lowest BCUT2D eigenvalue weighted by molar-refractivity contribution is -0.122. The number of nitrogens with one attached hydrogen (secondary N) is 2. The third-order valence-electron chi connectivity index (χ3n) is 5.87. The van der Waals surface area contributed by atoms with Gasteiger partial charge in [0.05, 0.1) is 6.61 Å². The molecule has 0 spiro atoms. The van der Waals surface area contributed by atoms with Crippen molar-refractivity contribution in [3.05, 3.63) is 35.5 Å². The van der Waals surface area contributed by atoms with Gasteiger partial charge in [0.15, 0.2) is 0 Å². The highest BCUT2D eigenvalue weighted by Gasteiger charge is 2.29. The zero-order chi connectivity index (χ0) is 18.4. The standard InChI is InChI=1S/C22H32N2O2/c1-3-16-10-7-11-18-20(15-24-22(16)18)19(17-8-5-4-6-9-17)14-21(25)23-12-13-26-2/h7,10-11,15,17,19,24H,3-6,8-9,12-14H2,1-2H3,(H,23,25)/t19-/m0/s1. The highest BCUT2D eigenvalue weighted by molar-refractivity contribution is 5.87. The summed E-state index contributed by atoms with van der Waals surface area (Å²) in [5.74, 6) is 1.03. The molecule has 2 aromatic rings. The molecule has 4 nitrogen and oxygen atoms in total. The Morgan fingerprint density at radius 2 is 2.12 bits per heavy atom. The Morgan fingerprint density at radius 3 is 2.85 bits per heavy atom. The summed E-state index contributed by atoms with van der Waals surface area (Å²) in [5, 5.41) is 4.31. The van der Waals surface area contributed by atoms with E-state index in [1.807, 2.05) is 0 Å². The fourth-order valence-corrected chi connectivity index (χ4v) is 4.47. The molecule has 26 heavy (non-hydrogen) atoms. The van der Waals surface area contributed by atoms with E-state index in [4.69, 9.17) is 4.74 Å². The number of rotatable bonds is 8. The first-order chi connectivity index (χ1) is 12.7. The zero-order valence-corrected chi connectivity index (χ0v) is 16.1. The molecule has 0 aliphatic heterocycles. The number of carbonyl (C=O) groups is 1. The number of para-hydroxylation sites is 1. The molecule has 142 valence electrons. The molecule has 0 unspecified atom stereocenters. The van der Waals surface area contributed by atoms with E-state index >= 15 is 0 Å². The van der Waals surface area contributed by atoms with Crippen molar-refractivity contribution < 1.29 is 9.53 Å². The largest absolute Gasteiger partial charge is 0.383 e. The molecular formula is C22H32N2O2. The van der Waals surface area contributed by atoms with E-state index in [2.05, 4.69) is 41.6 Å². The number of hydrogen-bond donors (Lipinski definition) is 2. The van der Waals surface area contributed by atoms with Crippen molar-refractivity contribution in [2.24, 2.45) is 5.92 Å².